The molecule has 0 aliphatic rings. The summed E-state index contributed by atoms with van der Waals surface area (Å²) in [7, 11) is 5.42. The lowest BCUT2D eigenvalue weighted by Crippen LogP contribution is -2.54. The highest BCUT2D eigenvalue weighted by Gasteiger charge is 2.41. The van der Waals surface area contributed by atoms with Crippen molar-refractivity contribution in [1.82, 2.24) is 0 Å². The molecule has 0 fully saturated rings. The van der Waals surface area contributed by atoms with Gasteiger partial charge >= 0.3 is 5.97 Å². The first-order valence-corrected chi connectivity index (χ1v) is 11.4. The van der Waals surface area contributed by atoms with E-state index in [1.165, 1.54) is 63.9 Å². The highest BCUT2D eigenvalue weighted by atomic mass is 16.4. The first-order chi connectivity index (χ1) is 14.1. The number of allylic oxidation sites excluding steroid dienone is 5. The van der Waals surface area contributed by atoms with E-state index in [0.717, 1.165) is 6.42 Å². The fraction of sp³-hybridized carbons (Fsp3) is 0.680. The number of quaternary nitrogens is 1. The van der Waals surface area contributed by atoms with Gasteiger partial charge in [0.2, 0.25) is 0 Å². The maximum absolute atomic E-state index is 12.4. The molecule has 0 aliphatic heterocycles. The Labute approximate surface area is 183 Å². The van der Waals surface area contributed by atoms with E-state index in [2.05, 4.69) is 13.0 Å². The van der Waals surface area contributed by atoms with Crippen LogP contribution in [0.15, 0.2) is 36.5 Å². The van der Waals surface area contributed by atoms with E-state index in [4.69, 9.17) is 5.11 Å². The minimum atomic E-state index is -1.90. The van der Waals surface area contributed by atoms with Gasteiger partial charge in [-0.1, -0.05) is 88.7 Å². The van der Waals surface area contributed by atoms with Gasteiger partial charge in [-0.25, -0.2) is 0 Å². The van der Waals surface area contributed by atoms with Crippen LogP contribution in [-0.2, 0) is 9.59 Å². The lowest BCUT2D eigenvalue weighted by Gasteiger charge is -2.33. The Morgan fingerprint density at radius 2 is 1.37 bits per heavy atom. The maximum atomic E-state index is 12.4. The number of carboxylic acids is 1. The van der Waals surface area contributed by atoms with Crippen molar-refractivity contribution >= 4 is 11.8 Å². The number of aliphatic hydroxyl groups is 1. The van der Waals surface area contributed by atoms with Gasteiger partial charge < -0.3 is 14.7 Å². The summed E-state index contributed by atoms with van der Waals surface area (Å²) in [5.41, 5.74) is -1.90. The fourth-order valence-electron chi connectivity index (χ4n) is 3.43. The van der Waals surface area contributed by atoms with Crippen LogP contribution in [-0.4, -0.2) is 59.7 Å². The van der Waals surface area contributed by atoms with Crippen LogP contribution in [0.3, 0.4) is 0 Å². The number of carbonyl (C=O) groups is 2. The molecule has 5 heteroatoms. The van der Waals surface area contributed by atoms with E-state index in [9.17, 15) is 14.7 Å². The molecule has 0 bridgehead atoms. The first-order valence-electron chi connectivity index (χ1n) is 11.4. The third-order valence-corrected chi connectivity index (χ3v) is 4.83. The fourth-order valence-corrected chi connectivity index (χ4v) is 3.43. The Morgan fingerprint density at radius 3 is 1.90 bits per heavy atom. The van der Waals surface area contributed by atoms with Crippen LogP contribution in [0.4, 0.5) is 0 Å². The summed E-state index contributed by atoms with van der Waals surface area (Å²) in [4.78, 5) is 23.4. The molecule has 172 valence electrons. The molecule has 0 aromatic rings. The zero-order chi connectivity index (χ0) is 22.9. The van der Waals surface area contributed by atoms with E-state index in [0.29, 0.717) is 4.48 Å². The average molecular weight is 423 g/mol. The summed E-state index contributed by atoms with van der Waals surface area (Å²) in [6.45, 7) is 2.28. The van der Waals surface area contributed by atoms with Gasteiger partial charge in [0.25, 0.3) is 0 Å². The number of aliphatic carboxylic acids is 1. The number of rotatable bonds is 18. The number of hydrogen-bond acceptors (Lipinski definition) is 3. The highest BCUT2D eigenvalue weighted by molar-refractivity contribution is 5.99. The predicted octanol–water partition coefficient (Wildman–Crippen LogP) is 5.06. The Balaban J connectivity index is 4.16. The number of carboxylic acid groups (broad SMARTS) is 1. The molecular formula is C25H44NO4+. The van der Waals surface area contributed by atoms with Gasteiger partial charge in [0.15, 0.2) is 11.4 Å². The van der Waals surface area contributed by atoms with Crippen molar-refractivity contribution in [3.63, 3.8) is 0 Å². The number of hydrogen-bond donors (Lipinski definition) is 2. The second-order valence-electron chi connectivity index (χ2n) is 9.20. The van der Waals surface area contributed by atoms with Crippen LogP contribution in [0.25, 0.3) is 0 Å². The number of carbonyl (C=O) groups excluding carboxylic acids is 1. The molecule has 0 rings (SSSR count). The molecule has 0 spiro atoms. The highest BCUT2D eigenvalue weighted by Crippen LogP contribution is 2.17. The van der Waals surface area contributed by atoms with Gasteiger partial charge in [-0.15, -0.1) is 0 Å². The van der Waals surface area contributed by atoms with Crippen LogP contribution < -0.4 is 0 Å². The molecule has 5 nitrogen and oxygen atoms in total. The van der Waals surface area contributed by atoms with Gasteiger partial charge in [0.05, 0.1) is 27.6 Å². The second-order valence-corrected chi connectivity index (χ2v) is 9.20. The Kier molecular flexibility index (Phi) is 15.1. The van der Waals surface area contributed by atoms with E-state index >= 15 is 0 Å². The molecule has 0 saturated heterocycles. The van der Waals surface area contributed by atoms with Crippen molar-refractivity contribution in [2.24, 2.45) is 0 Å². The summed E-state index contributed by atoms with van der Waals surface area (Å²) < 4.78 is 0.292. The zero-order valence-corrected chi connectivity index (χ0v) is 19.6. The molecule has 0 aromatic carbocycles. The normalized spacial score (nSPS) is 14.7. The van der Waals surface area contributed by atoms with E-state index in [-0.39, 0.29) is 6.54 Å². The largest absolute Gasteiger partial charge is 0.481 e. The molecule has 0 amide bonds. The molecule has 0 aliphatic carbocycles. The number of ketones is 1. The van der Waals surface area contributed by atoms with Gasteiger partial charge in [-0.2, -0.15) is 0 Å². The topological polar surface area (TPSA) is 74.6 Å². The lowest BCUT2D eigenvalue weighted by atomic mass is 9.92. The molecular weight excluding hydrogens is 378 g/mol. The van der Waals surface area contributed by atoms with Crippen molar-refractivity contribution < 1.29 is 24.3 Å². The summed E-state index contributed by atoms with van der Waals surface area (Å²) in [6, 6.07) is 0. The Hall–Kier alpha value is -1.72. The van der Waals surface area contributed by atoms with Crippen LogP contribution in [0.5, 0.6) is 0 Å². The van der Waals surface area contributed by atoms with Crippen LogP contribution in [0, 0.1) is 0 Å². The maximum Gasteiger partial charge on any atom is 0.307 e. The number of nitrogens with zero attached hydrogens (tertiary/aromatic N) is 1. The zero-order valence-electron chi connectivity index (χ0n) is 19.6. The minimum Gasteiger partial charge on any atom is -0.481 e. The van der Waals surface area contributed by atoms with Gasteiger partial charge in [-0.05, 0) is 18.9 Å². The molecule has 0 heterocycles. The van der Waals surface area contributed by atoms with Crippen molar-refractivity contribution in [2.75, 3.05) is 27.7 Å². The molecule has 0 radical (unpaired) electrons. The Morgan fingerprint density at radius 1 is 0.833 bits per heavy atom. The van der Waals surface area contributed by atoms with Gasteiger partial charge in [-0.3, -0.25) is 9.59 Å². The van der Waals surface area contributed by atoms with Crippen molar-refractivity contribution in [3.8, 4) is 0 Å². The SMILES string of the molecule is CCCCCCCCCCCC=CC=CC=CC(=O)C(O)(CC(=O)O)C[N+](C)(C)C. The van der Waals surface area contributed by atoms with Gasteiger partial charge in [0, 0.05) is 0 Å². The molecule has 0 saturated carbocycles. The number of likely N-dealkylation sites (N-methyl/N-ethyl adjacent to an activating group) is 1. The van der Waals surface area contributed by atoms with E-state index in [1.807, 2.05) is 33.3 Å². The quantitative estimate of drug-likeness (QED) is 0.140. The third kappa shape index (κ3) is 16.1. The Bertz CT molecular complexity index is 572. The molecule has 1 atom stereocenters. The second kappa shape index (κ2) is 16.0. The van der Waals surface area contributed by atoms with E-state index in [1.54, 1.807) is 12.2 Å². The number of unbranched alkanes of at least 4 members (excludes halogenated alkanes) is 9. The van der Waals surface area contributed by atoms with Crippen LogP contribution in [0.2, 0.25) is 0 Å². The van der Waals surface area contributed by atoms with Crippen molar-refractivity contribution in [3.05, 3.63) is 36.5 Å². The van der Waals surface area contributed by atoms with Crippen molar-refractivity contribution in [2.45, 2.75) is 83.2 Å². The average Bonchev–Trinajstić information content (AvgIpc) is 2.62. The summed E-state index contributed by atoms with van der Waals surface area (Å²) in [5, 5.41) is 19.6. The smallest absolute Gasteiger partial charge is 0.307 e. The van der Waals surface area contributed by atoms with E-state index < -0.39 is 23.8 Å². The van der Waals surface area contributed by atoms with Gasteiger partial charge in [0.1, 0.15) is 6.54 Å². The molecule has 30 heavy (non-hydrogen) atoms. The summed E-state index contributed by atoms with van der Waals surface area (Å²) in [6.07, 6.45) is 22.8. The molecule has 0 aromatic heterocycles. The third-order valence-electron chi connectivity index (χ3n) is 4.83. The standard InChI is InChI=1S/C25H43NO4/c1-5-6-7-8-9-10-11-12-13-14-15-16-17-18-19-20-23(27)25(30,21-24(28)29)22-26(2,3)4/h15-20,30H,5-14,21-22H2,1-4H3/p+1. The molecule has 2 N–H and O–H groups in total. The summed E-state index contributed by atoms with van der Waals surface area (Å²) >= 11 is 0. The van der Waals surface area contributed by atoms with Crippen LogP contribution >= 0.6 is 0 Å². The monoisotopic (exact) mass is 422 g/mol. The summed E-state index contributed by atoms with van der Waals surface area (Å²) in [5.74, 6) is -1.77. The minimum absolute atomic E-state index is 0.0326. The van der Waals surface area contributed by atoms with Crippen LogP contribution in [0.1, 0.15) is 77.6 Å². The lowest BCUT2D eigenvalue weighted by molar-refractivity contribution is -0.875. The molecule has 1 unspecified atom stereocenters. The van der Waals surface area contributed by atoms with Crippen molar-refractivity contribution in [1.29, 1.82) is 0 Å². The first kappa shape index (κ1) is 28.3. The predicted molar refractivity (Wildman–Crippen MR) is 124 cm³/mol.